The predicted molar refractivity (Wildman–Crippen MR) is 79.3 cm³/mol. The van der Waals surface area contributed by atoms with Crippen LogP contribution in [0.4, 0.5) is 4.39 Å². The van der Waals surface area contributed by atoms with Crippen molar-refractivity contribution in [2.45, 2.75) is 0 Å². The van der Waals surface area contributed by atoms with Gasteiger partial charge in [0.1, 0.15) is 11.6 Å². The Hall–Kier alpha value is -1.40. The van der Waals surface area contributed by atoms with E-state index in [1.807, 2.05) is 0 Å². The summed E-state index contributed by atoms with van der Waals surface area (Å²) in [5, 5.41) is 7.50. The molecule has 0 spiro atoms. The first-order valence-corrected chi connectivity index (χ1v) is 6.83. The molecule has 98 valence electrons. The van der Waals surface area contributed by atoms with E-state index in [9.17, 15) is 4.39 Å². The third-order valence-electron chi connectivity index (χ3n) is 2.35. The van der Waals surface area contributed by atoms with Gasteiger partial charge in [-0.15, -0.1) is 0 Å². The number of nitrogens with two attached hydrogens (primary N) is 1. The maximum Gasteiger partial charge on any atom is 0.166 e. The Balaban J connectivity index is 2.40. The molecule has 2 aromatic rings. The number of hydrogen-bond donors (Lipinski definition) is 2. The van der Waals surface area contributed by atoms with Gasteiger partial charge in [-0.25, -0.2) is 4.39 Å². The molecular formula is C13H9Br2FN2O. The molecule has 0 unspecified atom stereocenters. The molecule has 0 fully saturated rings. The topological polar surface area (TPSA) is 59.1 Å². The number of rotatable bonds is 3. The van der Waals surface area contributed by atoms with Crippen LogP contribution < -0.4 is 10.5 Å². The minimum atomic E-state index is -0.494. The van der Waals surface area contributed by atoms with E-state index >= 15 is 0 Å². The average molecular weight is 388 g/mol. The Morgan fingerprint density at radius 1 is 1.05 bits per heavy atom. The zero-order valence-electron chi connectivity index (χ0n) is 9.58. The van der Waals surface area contributed by atoms with Gasteiger partial charge in [0, 0.05) is 8.95 Å². The highest BCUT2D eigenvalue weighted by molar-refractivity contribution is 9.10. The van der Waals surface area contributed by atoms with E-state index in [-0.39, 0.29) is 11.6 Å². The van der Waals surface area contributed by atoms with Gasteiger partial charge in [-0.1, -0.05) is 31.9 Å². The summed E-state index contributed by atoms with van der Waals surface area (Å²) in [6.07, 6.45) is 0. The first-order chi connectivity index (χ1) is 8.97. The fourth-order valence-corrected chi connectivity index (χ4v) is 2.17. The van der Waals surface area contributed by atoms with Crippen LogP contribution in [-0.2, 0) is 0 Å². The molecule has 19 heavy (non-hydrogen) atoms. The minimum Gasteiger partial charge on any atom is -0.454 e. The van der Waals surface area contributed by atoms with Crippen LogP contribution in [0.5, 0.6) is 11.5 Å². The zero-order valence-corrected chi connectivity index (χ0v) is 12.8. The Morgan fingerprint density at radius 2 is 1.63 bits per heavy atom. The summed E-state index contributed by atoms with van der Waals surface area (Å²) in [5.41, 5.74) is 5.88. The van der Waals surface area contributed by atoms with Gasteiger partial charge in [-0.3, -0.25) is 5.41 Å². The molecule has 0 aliphatic heterocycles. The van der Waals surface area contributed by atoms with Crippen molar-refractivity contribution in [2.75, 3.05) is 0 Å². The van der Waals surface area contributed by atoms with Gasteiger partial charge in [0.05, 0.1) is 5.56 Å². The molecule has 0 heterocycles. The number of halogens is 3. The SMILES string of the molecule is N=C(N)c1cc(Br)ccc1Oc1ccc(Br)cc1F. The zero-order chi connectivity index (χ0) is 14.0. The highest BCUT2D eigenvalue weighted by Gasteiger charge is 2.11. The van der Waals surface area contributed by atoms with E-state index in [0.29, 0.717) is 15.8 Å². The molecule has 2 rings (SSSR count). The van der Waals surface area contributed by atoms with E-state index in [2.05, 4.69) is 31.9 Å². The molecule has 0 saturated carbocycles. The molecule has 6 heteroatoms. The van der Waals surface area contributed by atoms with Gasteiger partial charge >= 0.3 is 0 Å². The summed E-state index contributed by atoms with van der Waals surface area (Å²) < 4.78 is 20.6. The van der Waals surface area contributed by atoms with Crippen molar-refractivity contribution < 1.29 is 9.13 Å². The van der Waals surface area contributed by atoms with E-state index in [1.54, 1.807) is 24.3 Å². The smallest absolute Gasteiger partial charge is 0.166 e. The second-order valence-corrected chi connectivity index (χ2v) is 5.56. The van der Waals surface area contributed by atoms with E-state index in [4.69, 9.17) is 15.9 Å². The molecule has 0 bridgehead atoms. The van der Waals surface area contributed by atoms with Gasteiger partial charge in [0.15, 0.2) is 11.6 Å². The number of amidine groups is 1. The normalized spacial score (nSPS) is 10.3. The van der Waals surface area contributed by atoms with E-state index in [1.165, 1.54) is 12.1 Å². The predicted octanol–water partition coefficient (Wildman–Crippen LogP) is 4.43. The summed E-state index contributed by atoms with van der Waals surface area (Å²) >= 11 is 6.46. The third-order valence-corrected chi connectivity index (χ3v) is 3.33. The molecule has 0 atom stereocenters. The van der Waals surface area contributed by atoms with Crippen molar-refractivity contribution in [3.63, 3.8) is 0 Å². The lowest BCUT2D eigenvalue weighted by Gasteiger charge is -2.11. The molecule has 3 nitrogen and oxygen atoms in total. The summed E-state index contributed by atoms with van der Waals surface area (Å²) in [7, 11) is 0. The second-order valence-electron chi connectivity index (χ2n) is 3.73. The monoisotopic (exact) mass is 386 g/mol. The van der Waals surface area contributed by atoms with Crippen molar-refractivity contribution in [1.82, 2.24) is 0 Å². The van der Waals surface area contributed by atoms with E-state index in [0.717, 1.165) is 4.47 Å². The van der Waals surface area contributed by atoms with Gasteiger partial charge in [-0.05, 0) is 36.4 Å². The first kappa shape index (κ1) is 14.0. The largest absolute Gasteiger partial charge is 0.454 e. The highest BCUT2D eigenvalue weighted by Crippen LogP contribution is 2.30. The van der Waals surface area contributed by atoms with Crippen LogP contribution in [-0.4, -0.2) is 5.84 Å². The molecule has 0 aliphatic carbocycles. The number of benzene rings is 2. The van der Waals surface area contributed by atoms with Crippen LogP contribution in [0.3, 0.4) is 0 Å². The summed E-state index contributed by atoms with van der Waals surface area (Å²) in [5.74, 6) is -0.231. The van der Waals surface area contributed by atoms with Crippen LogP contribution in [0.15, 0.2) is 45.3 Å². The first-order valence-electron chi connectivity index (χ1n) is 5.24. The Morgan fingerprint density at radius 3 is 2.21 bits per heavy atom. The molecule has 0 aromatic heterocycles. The molecular weight excluding hydrogens is 379 g/mol. The standard InChI is InChI=1S/C13H9Br2FN2O/c14-7-1-3-11(9(5-7)13(17)18)19-12-4-2-8(15)6-10(12)16/h1-6H,(H3,17,18). The molecule has 0 radical (unpaired) electrons. The lowest BCUT2D eigenvalue weighted by molar-refractivity contribution is 0.441. The molecule has 0 aliphatic rings. The molecule has 3 N–H and O–H groups in total. The van der Waals surface area contributed by atoms with Crippen LogP contribution in [0.2, 0.25) is 0 Å². The van der Waals surface area contributed by atoms with E-state index < -0.39 is 5.82 Å². The van der Waals surface area contributed by atoms with Crippen molar-refractivity contribution >= 4 is 37.7 Å². The Kier molecular flexibility index (Phi) is 4.21. The fraction of sp³-hybridized carbons (Fsp3) is 0. The Bertz CT molecular complexity index is 647. The lowest BCUT2D eigenvalue weighted by Crippen LogP contribution is -2.12. The molecule has 2 aromatic carbocycles. The highest BCUT2D eigenvalue weighted by atomic mass is 79.9. The van der Waals surface area contributed by atoms with Crippen LogP contribution >= 0.6 is 31.9 Å². The van der Waals surface area contributed by atoms with Crippen molar-refractivity contribution in [1.29, 1.82) is 5.41 Å². The molecule has 0 amide bonds. The van der Waals surface area contributed by atoms with Crippen LogP contribution in [0, 0.1) is 11.2 Å². The van der Waals surface area contributed by atoms with Crippen molar-refractivity contribution in [3.05, 3.63) is 56.7 Å². The summed E-state index contributed by atoms with van der Waals surface area (Å²) in [6, 6.07) is 9.49. The quantitative estimate of drug-likeness (QED) is 0.604. The Labute approximate surface area is 126 Å². The summed E-state index contributed by atoms with van der Waals surface area (Å²) in [4.78, 5) is 0. The maximum atomic E-state index is 13.7. The average Bonchev–Trinajstić information content (AvgIpc) is 2.34. The van der Waals surface area contributed by atoms with Gasteiger partial charge in [0.2, 0.25) is 0 Å². The second kappa shape index (κ2) is 5.71. The van der Waals surface area contributed by atoms with Crippen molar-refractivity contribution in [2.24, 2.45) is 5.73 Å². The minimum absolute atomic E-state index is 0.0769. The molecule has 0 saturated heterocycles. The van der Waals surface area contributed by atoms with Crippen LogP contribution in [0.1, 0.15) is 5.56 Å². The lowest BCUT2D eigenvalue weighted by atomic mass is 10.2. The van der Waals surface area contributed by atoms with Gasteiger partial charge in [-0.2, -0.15) is 0 Å². The van der Waals surface area contributed by atoms with Gasteiger partial charge < -0.3 is 10.5 Å². The number of hydrogen-bond acceptors (Lipinski definition) is 2. The number of nitrogen functional groups attached to an aromatic ring is 1. The number of ether oxygens (including phenoxy) is 1. The van der Waals surface area contributed by atoms with Gasteiger partial charge in [0.25, 0.3) is 0 Å². The maximum absolute atomic E-state index is 13.7. The summed E-state index contributed by atoms with van der Waals surface area (Å²) in [6.45, 7) is 0. The third kappa shape index (κ3) is 3.33. The van der Waals surface area contributed by atoms with Crippen LogP contribution in [0.25, 0.3) is 0 Å². The van der Waals surface area contributed by atoms with Crippen molar-refractivity contribution in [3.8, 4) is 11.5 Å². The fourth-order valence-electron chi connectivity index (χ4n) is 1.48. The number of nitrogens with one attached hydrogen (secondary N) is 1.